The Morgan fingerprint density at radius 1 is 1.30 bits per heavy atom. The van der Waals surface area contributed by atoms with Gasteiger partial charge in [0.2, 0.25) is 0 Å². The summed E-state index contributed by atoms with van der Waals surface area (Å²) in [5.74, 6) is 0.216. The van der Waals surface area contributed by atoms with Crippen molar-refractivity contribution in [3.8, 4) is 5.75 Å². The van der Waals surface area contributed by atoms with Gasteiger partial charge in [-0.2, -0.15) is 0 Å². The number of ether oxygens (including phenoxy) is 1. The van der Waals surface area contributed by atoms with Gasteiger partial charge >= 0.3 is 0 Å². The molecule has 0 saturated carbocycles. The summed E-state index contributed by atoms with van der Waals surface area (Å²) in [6.07, 6.45) is 2.09. The third kappa shape index (κ3) is 5.15. The number of hydrogen-bond donors (Lipinski definition) is 2. The summed E-state index contributed by atoms with van der Waals surface area (Å²) < 4.78 is 5.73. The molecule has 7 nitrogen and oxygen atoms in total. The van der Waals surface area contributed by atoms with Crippen LogP contribution in [0.4, 0.5) is 11.4 Å². The monoisotopic (exact) mass is 387 g/mol. The number of non-ortho nitro benzene ring substituents is 1. The van der Waals surface area contributed by atoms with Crippen molar-refractivity contribution in [3.63, 3.8) is 0 Å². The van der Waals surface area contributed by atoms with Crippen LogP contribution in [0.25, 0.3) is 0 Å². The van der Waals surface area contributed by atoms with Crippen LogP contribution in [0.1, 0.15) is 18.4 Å². The molecule has 2 aromatic rings. The van der Waals surface area contributed by atoms with Crippen molar-refractivity contribution >= 4 is 28.7 Å². The van der Waals surface area contributed by atoms with E-state index in [1.54, 1.807) is 24.3 Å². The number of anilines is 1. The second kappa shape index (κ2) is 8.79. The summed E-state index contributed by atoms with van der Waals surface area (Å²) >= 11 is 5.56. The second-order valence-electron chi connectivity index (χ2n) is 6.38. The zero-order valence-electron chi connectivity index (χ0n) is 14.7. The lowest BCUT2D eigenvalue weighted by Crippen LogP contribution is -2.39. The topological polar surface area (TPSA) is 87.9 Å². The number of para-hydroxylation sites is 1. The number of rotatable bonds is 6. The highest BCUT2D eigenvalue weighted by molar-refractivity contribution is 7.80. The van der Waals surface area contributed by atoms with Gasteiger partial charge in [0.15, 0.2) is 5.11 Å². The van der Waals surface area contributed by atoms with Crippen molar-refractivity contribution in [1.82, 2.24) is 4.90 Å². The number of phenolic OH excluding ortho intramolecular Hbond substituents is 1. The van der Waals surface area contributed by atoms with Crippen molar-refractivity contribution in [1.29, 1.82) is 0 Å². The standard InChI is InChI=1S/C19H21N3O4S/c23-18-6-2-1-4-14(18)12-21(13-17-5-3-11-26-17)19(27)20-15-7-9-16(10-8-15)22(24)25/h1-2,4,6-10,17,23H,3,5,11-13H2,(H,20,27)/t17-/m0/s1. The minimum atomic E-state index is -0.440. The molecule has 3 rings (SSSR count). The fourth-order valence-electron chi connectivity index (χ4n) is 2.97. The number of phenols is 1. The number of aromatic hydroxyl groups is 1. The fourth-order valence-corrected chi connectivity index (χ4v) is 3.23. The first-order valence-corrected chi connectivity index (χ1v) is 9.12. The first-order valence-electron chi connectivity index (χ1n) is 8.72. The molecule has 0 amide bonds. The van der Waals surface area contributed by atoms with E-state index in [1.807, 2.05) is 17.0 Å². The average molecular weight is 387 g/mol. The number of thiocarbonyl (C=S) groups is 1. The molecular weight excluding hydrogens is 366 g/mol. The Labute approximate surface area is 162 Å². The third-order valence-electron chi connectivity index (χ3n) is 4.42. The van der Waals surface area contributed by atoms with Gasteiger partial charge in [0.1, 0.15) is 5.75 Å². The van der Waals surface area contributed by atoms with E-state index >= 15 is 0 Å². The van der Waals surface area contributed by atoms with E-state index in [4.69, 9.17) is 17.0 Å². The van der Waals surface area contributed by atoms with E-state index in [-0.39, 0.29) is 17.5 Å². The molecule has 1 saturated heterocycles. The molecule has 1 aliphatic heterocycles. The summed E-state index contributed by atoms with van der Waals surface area (Å²) in [6, 6.07) is 13.2. The van der Waals surface area contributed by atoms with E-state index in [0.717, 1.165) is 25.0 Å². The van der Waals surface area contributed by atoms with Gasteiger partial charge in [0.25, 0.3) is 5.69 Å². The predicted octanol–water partition coefficient (Wildman–Crippen LogP) is 3.68. The number of nitro benzene ring substituents is 1. The number of benzene rings is 2. The zero-order valence-corrected chi connectivity index (χ0v) is 15.5. The first kappa shape index (κ1) is 19.1. The van der Waals surface area contributed by atoms with Crippen LogP contribution in [0.5, 0.6) is 5.75 Å². The van der Waals surface area contributed by atoms with Gasteiger partial charge in [0, 0.05) is 43.1 Å². The number of nitrogens with one attached hydrogen (secondary N) is 1. The lowest BCUT2D eigenvalue weighted by molar-refractivity contribution is -0.384. The van der Waals surface area contributed by atoms with Crippen LogP contribution < -0.4 is 5.32 Å². The van der Waals surface area contributed by atoms with Gasteiger partial charge in [0.05, 0.1) is 11.0 Å². The highest BCUT2D eigenvalue weighted by Gasteiger charge is 2.22. The van der Waals surface area contributed by atoms with Crippen molar-refractivity contribution in [2.24, 2.45) is 0 Å². The maximum atomic E-state index is 10.8. The molecule has 0 aliphatic carbocycles. The molecule has 0 aromatic heterocycles. The fraction of sp³-hybridized carbons (Fsp3) is 0.316. The molecule has 0 spiro atoms. The minimum absolute atomic E-state index is 0.0249. The Balaban J connectivity index is 1.73. The van der Waals surface area contributed by atoms with Crippen molar-refractivity contribution in [2.45, 2.75) is 25.5 Å². The van der Waals surface area contributed by atoms with Crippen molar-refractivity contribution < 1.29 is 14.8 Å². The van der Waals surface area contributed by atoms with Crippen molar-refractivity contribution in [2.75, 3.05) is 18.5 Å². The number of nitro groups is 1. The van der Waals surface area contributed by atoms with Crippen LogP contribution >= 0.6 is 12.2 Å². The van der Waals surface area contributed by atoms with Gasteiger partial charge in [-0.05, 0) is 43.3 Å². The Morgan fingerprint density at radius 2 is 2.04 bits per heavy atom. The summed E-state index contributed by atoms with van der Waals surface area (Å²) in [6.45, 7) is 1.79. The van der Waals surface area contributed by atoms with Crippen LogP contribution in [-0.2, 0) is 11.3 Å². The van der Waals surface area contributed by atoms with Gasteiger partial charge in [-0.1, -0.05) is 18.2 Å². The summed E-state index contributed by atoms with van der Waals surface area (Å²) in [4.78, 5) is 12.3. The molecule has 8 heteroatoms. The third-order valence-corrected chi connectivity index (χ3v) is 4.78. The van der Waals surface area contributed by atoms with Gasteiger partial charge in [-0.15, -0.1) is 0 Å². The Bertz CT molecular complexity index is 807. The normalized spacial score (nSPS) is 16.1. The Kier molecular flexibility index (Phi) is 6.20. The maximum Gasteiger partial charge on any atom is 0.269 e. The van der Waals surface area contributed by atoms with Crippen LogP contribution in [0.3, 0.4) is 0 Å². The quantitative estimate of drug-likeness (QED) is 0.444. The predicted molar refractivity (Wildman–Crippen MR) is 107 cm³/mol. The highest BCUT2D eigenvalue weighted by Crippen LogP contribution is 2.22. The molecule has 2 aromatic carbocycles. The molecule has 0 unspecified atom stereocenters. The Morgan fingerprint density at radius 3 is 2.67 bits per heavy atom. The second-order valence-corrected chi connectivity index (χ2v) is 6.77. The molecule has 1 heterocycles. The molecule has 1 fully saturated rings. The van der Waals surface area contributed by atoms with E-state index in [9.17, 15) is 15.2 Å². The SMILES string of the molecule is O=[N+]([O-])c1ccc(NC(=S)N(Cc2ccccc2O)C[C@@H]2CCCO2)cc1. The van der Waals surface area contributed by atoms with Gasteiger partial charge in [-0.3, -0.25) is 10.1 Å². The smallest absolute Gasteiger partial charge is 0.269 e. The summed E-state index contributed by atoms with van der Waals surface area (Å²) in [7, 11) is 0. The van der Waals surface area contributed by atoms with E-state index in [1.165, 1.54) is 12.1 Å². The van der Waals surface area contributed by atoms with Crippen molar-refractivity contribution in [3.05, 3.63) is 64.2 Å². The summed E-state index contributed by atoms with van der Waals surface area (Å²) in [5, 5.41) is 24.5. The van der Waals surface area contributed by atoms with Gasteiger partial charge < -0.3 is 20.1 Å². The minimum Gasteiger partial charge on any atom is -0.508 e. The van der Waals surface area contributed by atoms with E-state index in [0.29, 0.717) is 23.9 Å². The zero-order chi connectivity index (χ0) is 19.2. The van der Waals surface area contributed by atoms with E-state index in [2.05, 4.69) is 5.32 Å². The van der Waals surface area contributed by atoms with E-state index < -0.39 is 4.92 Å². The van der Waals surface area contributed by atoms with Crippen LogP contribution in [0.2, 0.25) is 0 Å². The number of hydrogen-bond acceptors (Lipinski definition) is 5. The number of nitrogens with zero attached hydrogens (tertiary/aromatic N) is 2. The molecule has 1 aliphatic rings. The molecule has 0 radical (unpaired) electrons. The van der Waals surface area contributed by atoms with Gasteiger partial charge in [-0.25, -0.2) is 0 Å². The molecule has 0 bridgehead atoms. The summed E-state index contributed by atoms with van der Waals surface area (Å²) in [5.41, 5.74) is 1.46. The van der Waals surface area contributed by atoms with Crippen LogP contribution in [0, 0.1) is 10.1 Å². The van der Waals surface area contributed by atoms with Crippen LogP contribution in [0.15, 0.2) is 48.5 Å². The largest absolute Gasteiger partial charge is 0.508 e. The first-order chi connectivity index (χ1) is 13.0. The molecule has 27 heavy (non-hydrogen) atoms. The average Bonchev–Trinajstić information content (AvgIpc) is 3.16. The maximum absolute atomic E-state index is 10.8. The van der Waals surface area contributed by atoms with Crippen LogP contribution in [-0.4, -0.2) is 39.3 Å². The molecule has 2 N–H and O–H groups in total. The molecular formula is C19H21N3O4S. The molecule has 1 atom stereocenters. The molecule has 142 valence electrons. The highest BCUT2D eigenvalue weighted by atomic mass is 32.1. The lowest BCUT2D eigenvalue weighted by atomic mass is 10.1. The lowest BCUT2D eigenvalue weighted by Gasteiger charge is -2.28. The Hall–Kier alpha value is -2.71.